The highest BCUT2D eigenvalue weighted by Gasteiger charge is 2.34. The number of carbonyl (C=O) groups is 1. The maximum atomic E-state index is 12.2. The van der Waals surface area contributed by atoms with Crippen molar-refractivity contribution in [1.29, 1.82) is 0 Å². The van der Waals surface area contributed by atoms with E-state index in [9.17, 15) is 4.79 Å². The van der Waals surface area contributed by atoms with Crippen molar-refractivity contribution in [1.82, 2.24) is 4.90 Å². The van der Waals surface area contributed by atoms with Crippen molar-refractivity contribution in [2.45, 2.75) is 84.1 Å². The summed E-state index contributed by atoms with van der Waals surface area (Å²) in [5.41, 5.74) is -0.432. The van der Waals surface area contributed by atoms with Gasteiger partial charge in [-0.05, 0) is 45.3 Å². The molecule has 4 nitrogen and oxygen atoms in total. The molecule has 0 aromatic rings. The van der Waals surface area contributed by atoms with Crippen molar-refractivity contribution >= 4 is 13.0 Å². The van der Waals surface area contributed by atoms with Crippen LogP contribution in [-0.4, -0.2) is 42.7 Å². The predicted octanol–water partition coefficient (Wildman–Crippen LogP) is 4.21. The topological polar surface area (TPSA) is 38.8 Å². The Morgan fingerprint density at radius 1 is 1.23 bits per heavy atom. The van der Waals surface area contributed by atoms with Gasteiger partial charge in [-0.2, -0.15) is 0 Å². The van der Waals surface area contributed by atoms with Crippen molar-refractivity contribution in [2.75, 3.05) is 13.1 Å². The summed E-state index contributed by atoms with van der Waals surface area (Å²) in [6, 6.07) is 0. The van der Waals surface area contributed by atoms with Crippen molar-refractivity contribution in [3.05, 3.63) is 0 Å². The van der Waals surface area contributed by atoms with Gasteiger partial charge in [0.05, 0.1) is 6.10 Å². The first kappa shape index (κ1) is 17.6. The van der Waals surface area contributed by atoms with Gasteiger partial charge < -0.3 is 14.3 Å². The highest BCUT2D eigenvalue weighted by molar-refractivity contribution is 6.52. The summed E-state index contributed by atoms with van der Waals surface area (Å²) < 4.78 is 11.8. The molecule has 2 aliphatic rings. The number of hydrogen-bond acceptors (Lipinski definition) is 3. The van der Waals surface area contributed by atoms with Gasteiger partial charge in [-0.3, -0.25) is 0 Å². The zero-order valence-corrected chi connectivity index (χ0v) is 14.9. The Kier molecular flexibility index (Phi) is 5.81. The summed E-state index contributed by atoms with van der Waals surface area (Å²) in [6.07, 6.45) is 5.89. The summed E-state index contributed by atoms with van der Waals surface area (Å²) in [7, 11) is 0. The van der Waals surface area contributed by atoms with E-state index in [0.29, 0.717) is 19.3 Å². The van der Waals surface area contributed by atoms with Crippen LogP contribution in [0.1, 0.15) is 59.8 Å². The SMILES string of the molecule is CB(OC1CCCN(C(=O)OC(C)(C)C)C1)C1CCC(C)C1. The molecule has 0 radical (unpaired) electrons. The largest absolute Gasteiger partial charge is 0.444 e. The number of piperidine rings is 1. The van der Waals surface area contributed by atoms with Crippen LogP contribution in [0.5, 0.6) is 0 Å². The van der Waals surface area contributed by atoms with E-state index < -0.39 is 5.60 Å². The first-order chi connectivity index (χ1) is 10.2. The van der Waals surface area contributed by atoms with Crippen molar-refractivity contribution in [3.63, 3.8) is 0 Å². The fourth-order valence-electron chi connectivity index (χ4n) is 3.63. The van der Waals surface area contributed by atoms with Crippen LogP contribution in [0.25, 0.3) is 0 Å². The lowest BCUT2D eigenvalue weighted by Crippen LogP contribution is -2.46. The number of rotatable bonds is 3. The number of ether oxygens (including phenoxy) is 1. The molecule has 3 atom stereocenters. The van der Waals surface area contributed by atoms with E-state index >= 15 is 0 Å². The third-order valence-corrected chi connectivity index (χ3v) is 4.84. The molecule has 5 heteroatoms. The average molecular weight is 309 g/mol. The monoisotopic (exact) mass is 309 g/mol. The Bertz CT molecular complexity index is 383. The number of amides is 1. The van der Waals surface area contributed by atoms with Gasteiger partial charge in [0.25, 0.3) is 6.92 Å². The van der Waals surface area contributed by atoms with Gasteiger partial charge in [0, 0.05) is 13.1 Å². The first-order valence-electron chi connectivity index (χ1n) is 8.88. The van der Waals surface area contributed by atoms with Gasteiger partial charge in [0.15, 0.2) is 0 Å². The zero-order valence-electron chi connectivity index (χ0n) is 14.9. The van der Waals surface area contributed by atoms with E-state index in [0.717, 1.165) is 25.3 Å². The lowest BCUT2D eigenvalue weighted by Gasteiger charge is -2.35. The Morgan fingerprint density at radius 2 is 1.95 bits per heavy atom. The second kappa shape index (κ2) is 7.24. The maximum absolute atomic E-state index is 12.2. The van der Waals surface area contributed by atoms with E-state index in [1.54, 1.807) is 0 Å². The van der Waals surface area contributed by atoms with E-state index in [1.807, 2.05) is 25.7 Å². The van der Waals surface area contributed by atoms with E-state index in [4.69, 9.17) is 9.39 Å². The molecule has 0 N–H and O–H groups in total. The first-order valence-corrected chi connectivity index (χ1v) is 8.88. The van der Waals surface area contributed by atoms with Crippen molar-refractivity contribution < 1.29 is 14.2 Å². The average Bonchev–Trinajstić information content (AvgIpc) is 2.84. The van der Waals surface area contributed by atoms with Crippen LogP contribution in [0.15, 0.2) is 0 Å². The smallest absolute Gasteiger partial charge is 0.410 e. The Morgan fingerprint density at radius 3 is 2.55 bits per heavy atom. The van der Waals surface area contributed by atoms with Gasteiger partial charge in [0.1, 0.15) is 5.60 Å². The van der Waals surface area contributed by atoms with Gasteiger partial charge in [-0.1, -0.05) is 33.0 Å². The summed E-state index contributed by atoms with van der Waals surface area (Å²) >= 11 is 0. The number of likely N-dealkylation sites (tertiary alicyclic amines) is 1. The van der Waals surface area contributed by atoms with Gasteiger partial charge >= 0.3 is 6.09 Å². The van der Waals surface area contributed by atoms with Crippen LogP contribution in [0.2, 0.25) is 12.6 Å². The van der Waals surface area contributed by atoms with Crippen LogP contribution in [0.4, 0.5) is 4.79 Å². The van der Waals surface area contributed by atoms with Crippen LogP contribution < -0.4 is 0 Å². The predicted molar refractivity (Wildman–Crippen MR) is 90.3 cm³/mol. The third-order valence-electron chi connectivity index (χ3n) is 4.84. The normalized spacial score (nSPS) is 29.5. The van der Waals surface area contributed by atoms with Crippen LogP contribution in [0.3, 0.4) is 0 Å². The van der Waals surface area contributed by atoms with Crippen LogP contribution >= 0.6 is 0 Å². The molecule has 0 bridgehead atoms. The fourth-order valence-corrected chi connectivity index (χ4v) is 3.63. The minimum atomic E-state index is -0.432. The molecule has 1 aliphatic heterocycles. The molecule has 1 saturated heterocycles. The molecule has 0 aromatic carbocycles. The van der Waals surface area contributed by atoms with Crippen molar-refractivity contribution in [2.24, 2.45) is 5.92 Å². The molecular weight excluding hydrogens is 277 g/mol. The summed E-state index contributed by atoms with van der Waals surface area (Å²) in [5.74, 6) is 1.52. The lowest BCUT2D eigenvalue weighted by molar-refractivity contribution is 0.00713. The molecule has 22 heavy (non-hydrogen) atoms. The van der Waals surface area contributed by atoms with E-state index in [-0.39, 0.29) is 12.2 Å². The second-order valence-electron chi connectivity index (χ2n) is 8.21. The molecule has 1 aliphatic carbocycles. The van der Waals surface area contributed by atoms with Gasteiger partial charge in [0.2, 0.25) is 0 Å². The van der Waals surface area contributed by atoms with E-state index in [1.165, 1.54) is 19.3 Å². The van der Waals surface area contributed by atoms with Crippen LogP contribution in [0, 0.1) is 5.92 Å². The summed E-state index contributed by atoms with van der Waals surface area (Å²) in [5, 5.41) is 0. The minimum Gasteiger partial charge on any atom is -0.444 e. The molecule has 2 fully saturated rings. The molecule has 1 saturated carbocycles. The van der Waals surface area contributed by atoms with Crippen LogP contribution in [-0.2, 0) is 9.39 Å². The lowest BCUT2D eigenvalue weighted by atomic mass is 9.57. The van der Waals surface area contributed by atoms with Crippen molar-refractivity contribution in [3.8, 4) is 0 Å². The highest BCUT2D eigenvalue weighted by atomic mass is 16.6. The Hall–Kier alpha value is -0.705. The molecule has 0 spiro atoms. The Labute approximate surface area is 136 Å². The highest BCUT2D eigenvalue weighted by Crippen LogP contribution is 2.37. The van der Waals surface area contributed by atoms with Gasteiger partial charge in [-0.15, -0.1) is 0 Å². The number of carbonyl (C=O) groups excluding carboxylic acids is 1. The molecule has 2 rings (SSSR count). The van der Waals surface area contributed by atoms with Gasteiger partial charge in [-0.25, -0.2) is 4.79 Å². The maximum Gasteiger partial charge on any atom is 0.410 e. The number of nitrogens with zero attached hydrogens (tertiary/aromatic N) is 1. The Balaban J connectivity index is 1.81. The van der Waals surface area contributed by atoms with E-state index in [2.05, 4.69) is 13.7 Å². The summed E-state index contributed by atoms with van der Waals surface area (Å²) in [6.45, 7) is 12.0. The molecule has 126 valence electrons. The molecule has 1 amide bonds. The quantitative estimate of drug-likeness (QED) is 0.733. The fraction of sp³-hybridized carbons (Fsp3) is 0.941. The number of hydrogen-bond donors (Lipinski definition) is 0. The third kappa shape index (κ3) is 5.18. The molecule has 3 unspecified atom stereocenters. The molecule has 1 heterocycles. The molecular formula is C17H32BNO3. The standard InChI is InChI=1S/C17H32BNO3/c1-13-8-9-14(11-13)18(5)22-15-7-6-10-19(12-15)16(20)21-17(2,3)4/h13-15H,6-12H2,1-5H3. The molecule has 0 aromatic heterocycles. The summed E-state index contributed by atoms with van der Waals surface area (Å²) in [4.78, 5) is 14.0. The second-order valence-corrected chi connectivity index (χ2v) is 8.21. The zero-order chi connectivity index (χ0) is 16.3. The minimum absolute atomic E-state index is 0.159.